The molecule has 4 amide bonds. The maximum Gasteiger partial charge on any atom is 0.264 e. The van der Waals surface area contributed by atoms with Crippen LogP contribution in [0.4, 0.5) is 5.69 Å². The Balaban J connectivity index is 1.96. The van der Waals surface area contributed by atoms with E-state index >= 15 is 0 Å². The van der Waals surface area contributed by atoms with Crippen molar-refractivity contribution in [1.82, 2.24) is 10.2 Å². The lowest BCUT2D eigenvalue weighted by Gasteiger charge is -2.27. The topological polar surface area (TPSA) is 95.6 Å². The minimum atomic E-state index is -0.972. The van der Waals surface area contributed by atoms with Gasteiger partial charge in [0.05, 0.1) is 17.7 Å². The van der Waals surface area contributed by atoms with Gasteiger partial charge in [-0.05, 0) is 18.6 Å². The summed E-state index contributed by atoms with van der Waals surface area (Å²) < 4.78 is 0. The summed E-state index contributed by atoms with van der Waals surface area (Å²) in [4.78, 5) is 49.3. The minimum absolute atomic E-state index is 0.0893. The molecule has 0 aromatic heterocycles. The lowest BCUT2D eigenvalue weighted by atomic mass is 10.0. The fraction of sp³-hybridized carbons (Fsp3) is 0.250. The van der Waals surface area contributed by atoms with Crippen LogP contribution in [0.15, 0.2) is 18.2 Å². The Bertz CT molecular complexity index is 778. The van der Waals surface area contributed by atoms with Crippen molar-refractivity contribution < 1.29 is 19.2 Å². The third-order valence-corrected chi connectivity index (χ3v) is 3.85. The molecule has 7 nitrogen and oxygen atoms in total. The number of benzene rings is 1. The van der Waals surface area contributed by atoms with Crippen molar-refractivity contribution in [2.24, 2.45) is 0 Å². The van der Waals surface area contributed by atoms with Crippen molar-refractivity contribution in [1.29, 1.82) is 0 Å². The molecule has 0 spiro atoms. The van der Waals surface area contributed by atoms with Crippen LogP contribution in [-0.2, 0) is 9.59 Å². The van der Waals surface area contributed by atoms with Crippen molar-refractivity contribution in [2.45, 2.75) is 18.9 Å². The van der Waals surface area contributed by atoms with E-state index in [0.717, 1.165) is 4.90 Å². The number of nitrogens with zero attached hydrogens (tertiary/aromatic N) is 1. The number of amides is 4. The van der Waals surface area contributed by atoms with E-state index in [9.17, 15) is 19.2 Å². The fourth-order valence-corrected chi connectivity index (χ4v) is 2.81. The van der Waals surface area contributed by atoms with Gasteiger partial charge in [0.1, 0.15) is 6.04 Å². The Kier molecular flexibility index (Phi) is 3.58. The molecule has 1 saturated heterocycles. The van der Waals surface area contributed by atoms with Gasteiger partial charge in [0.2, 0.25) is 11.8 Å². The monoisotopic (exact) mass is 311 g/mol. The van der Waals surface area contributed by atoms with Gasteiger partial charge >= 0.3 is 0 Å². The van der Waals surface area contributed by atoms with E-state index in [1.165, 1.54) is 6.07 Å². The first kappa shape index (κ1) is 14.8. The Labute approximate surface area is 132 Å². The molecule has 2 aliphatic heterocycles. The molecule has 23 heavy (non-hydrogen) atoms. The van der Waals surface area contributed by atoms with Gasteiger partial charge in [0.15, 0.2) is 0 Å². The number of carbonyl (C=O) groups is 4. The van der Waals surface area contributed by atoms with E-state index in [1.54, 1.807) is 12.1 Å². The number of nitrogens with one attached hydrogen (secondary N) is 2. The summed E-state index contributed by atoms with van der Waals surface area (Å²) in [5, 5.41) is 5.05. The molecule has 0 aliphatic carbocycles. The highest BCUT2D eigenvalue weighted by Gasteiger charge is 2.45. The van der Waals surface area contributed by atoms with Crippen molar-refractivity contribution in [3.8, 4) is 12.3 Å². The second-order valence-corrected chi connectivity index (χ2v) is 5.23. The molecule has 1 unspecified atom stereocenters. The molecular formula is C16H13N3O4. The normalized spacial score (nSPS) is 20.1. The van der Waals surface area contributed by atoms with E-state index in [1.807, 2.05) is 0 Å². The summed E-state index contributed by atoms with van der Waals surface area (Å²) in [6.07, 6.45) is 5.42. The maximum absolute atomic E-state index is 12.7. The first-order chi connectivity index (χ1) is 11.0. The summed E-state index contributed by atoms with van der Waals surface area (Å²) in [5.41, 5.74) is 0.882. The lowest BCUT2D eigenvalue weighted by molar-refractivity contribution is -0.136. The number of hydrogen-bond donors (Lipinski definition) is 2. The smallest absolute Gasteiger partial charge is 0.264 e. The van der Waals surface area contributed by atoms with Crippen molar-refractivity contribution in [3.05, 3.63) is 29.3 Å². The molecule has 0 radical (unpaired) electrons. The lowest BCUT2D eigenvalue weighted by Crippen LogP contribution is -2.54. The number of fused-ring (bicyclic) bond motifs is 1. The number of hydrogen-bond acceptors (Lipinski definition) is 5. The van der Waals surface area contributed by atoms with Crippen LogP contribution in [0.1, 0.15) is 33.6 Å². The summed E-state index contributed by atoms with van der Waals surface area (Å²) >= 11 is 0. The molecule has 1 fully saturated rings. The number of carbonyl (C=O) groups excluding carboxylic acids is 4. The molecule has 3 rings (SSSR count). The molecule has 0 saturated carbocycles. The number of anilines is 1. The Hall–Kier alpha value is -3.14. The standard InChI is InChI=1S/C16H13N3O4/c1-2-8-17-10-5-3-4-9-13(10)16(23)19(15(9)22)11-6-7-12(20)18-14(11)21/h1,3-5,11,17H,6-8H2,(H,18,20,21). The molecule has 0 bridgehead atoms. The van der Waals surface area contributed by atoms with E-state index in [2.05, 4.69) is 16.6 Å². The Morgan fingerprint density at radius 2 is 2.04 bits per heavy atom. The molecule has 2 aliphatic rings. The largest absolute Gasteiger partial charge is 0.373 e. The third-order valence-electron chi connectivity index (χ3n) is 3.85. The predicted molar refractivity (Wildman–Crippen MR) is 80.4 cm³/mol. The van der Waals surface area contributed by atoms with Crippen LogP contribution in [0.5, 0.6) is 0 Å². The molecule has 2 N–H and O–H groups in total. The SMILES string of the molecule is C#CCNc1cccc2c1C(=O)N(C1CCC(=O)NC1=O)C2=O. The van der Waals surface area contributed by atoms with Gasteiger partial charge in [-0.1, -0.05) is 12.0 Å². The van der Waals surface area contributed by atoms with Crippen LogP contribution in [0.25, 0.3) is 0 Å². The van der Waals surface area contributed by atoms with E-state index in [0.29, 0.717) is 5.69 Å². The molecule has 1 aromatic rings. The Morgan fingerprint density at radius 1 is 1.26 bits per heavy atom. The van der Waals surface area contributed by atoms with Crippen molar-refractivity contribution in [2.75, 3.05) is 11.9 Å². The number of piperidine rings is 1. The second kappa shape index (κ2) is 5.57. The van der Waals surface area contributed by atoms with Gasteiger partial charge in [-0.15, -0.1) is 6.42 Å². The summed E-state index contributed by atoms with van der Waals surface area (Å²) in [5.74, 6) is 0.269. The average Bonchev–Trinajstić information content (AvgIpc) is 2.78. The van der Waals surface area contributed by atoms with Crippen LogP contribution >= 0.6 is 0 Å². The first-order valence-electron chi connectivity index (χ1n) is 7.06. The predicted octanol–water partition coefficient (Wildman–Crippen LogP) is 0.133. The van der Waals surface area contributed by atoms with Crippen molar-refractivity contribution >= 4 is 29.3 Å². The number of terminal acetylenes is 1. The van der Waals surface area contributed by atoms with E-state index < -0.39 is 29.7 Å². The van der Waals surface area contributed by atoms with Gasteiger partial charge in [0.25, 0.3) is 11.8 Å². The zero-order chi connectivity index (χ0) is 16.6. The summed E-state index contributed by atoms with van der Waals surface area (Å²) in [6.45, 7) is 0.205. The van der Waals surface area contributed by atoms with Crippen LogP contribution in [-0.4, -0.2) is 41.1 Å². The van der Waals surface area contributed by atoms with Gasteiger partial charge in [-0.2, -0.15) is 0 Å². The third kappa shape index (κ3) is 2.34. The highest BCUT2D eigenvalue weighted by molar-refractivity contribution is 6.25. The number of imide groups is 2. The zero-order valence-electron chi connectivity index (χ0n) is 12.1. The quantitative estimate of drug-likeness (QED) is 0.611. The molecule has 1 aromatic carbocycles. The van der Waals surface area contributed by atoms with Crippen LogP contribution in [0.3, 0.4) is 0 Å². The molecule has 116 valence electrons. The highest BCUT2D eigenvalue weighted by Crippen LogP contribution is 2.32. The van der Waals surface area contributed by atoms with E-state index in [4.69, 9.17) is 6.42 Å². The molecular weight excluding hydrogens is 298 g/mol. The number of rotatable bonds is 3. The molecule has 2 heterocycles. The maximum atomic E-state index is 12.7. The van der Waals surface area contributed by atoms with Gasteiger partial charge in [-0.25, -0.2) is 0 Å². The summed E-state index contributed by atoms with van der Waals surface area (Å²) in [7, 11) is 0. The van der Waals surface area contributed by atoms with Crippen molar-refractivity contribution in [3.63, 3.8) is 0 Å². The van der Waals surface area contributed by atoms with Crippen LogP contribution in [0, 0.1) is 12.3 Å². The molecule has 7 heteroatoms. The Morgan fingerprint density at radius 3 is 2.74 bits per heavy atom. The minimum Gasteiger partial charge on any atom is -0.373 e. The summed E-state index contributed by atoms with van der Waals surface area (Å²) in [6, 6.07) is 3.84. The average molecular weight is 311 g/mol. The van der Waals surface area contributed by atoms with Gasteiger partial charge in [-0.3, -0.25) is 29.4 Å². The second-order valence-electron chi connectivity index (χ2n) is 5.23. The van der Waals surface area contributed by atoms with Crippen LogP contribution < -0.4 is 10.6 Å². The van der Waals surface area contributed by atoms with E-state index in [-0.39, 0.29) is 30.5 Å². The fourth-order valence-electron chi connectivity index (χ4n) is 2.81. The first-order valence-corrected chi connectivity index (χ1v) is 7.06. The van der Waals surface area contributed by atoms with Gasteiger partial charge in [0, 0.05) is 12.1 Å². The van der Waals surface area contributed by atoms with Gasteiger partial charge < -0.3 is 5.32 Å². The molecule has 1 atom stereocenters. The zero-order valence-corrected chi connectivity index (χ0v) is 12.1. The van der Waals surface area contributed by atoms with Crippen LogP contribution in [0.2, 0.25) is 0 Å². The highest BCUT2D eigenvalue weighted by atomic mass is 16.2.